The Kier molecular flexibility index (Phi) is 5.63. The molecule has 0 saturated carbocycles. The molecule has 1 amide bonds. The molecule has 7 nitrogen and oxygen atoms in total. The highest BCUT2D eigenvalue weighted by molar-refractivity contribution is 5.94. The van der Waals surface area contributed by atoms with Crippen LogP contribution in [0.1, 0.15) is 62.5 Å². The highest BCUT2D eigenvalue weighted by Crippen LogP contribution is 2.26. The fourth-order valence-electron chi connectivity index (χ4n) is 2.75. The lowest BCUT2D eigenvalue weighted by Gasteiger charge is -2.18. The number of nitrogens with zero attached hydrogens (tertiary/aromatic N) is 4. The van der Waals surface area contributed by atoms with E-state index < -0.39 is 0 Å². The monoisotopic (exact) mass is 381 g/mol. The van der Waals surface area contributed by atoms with Crippen LogP contribution in [-0.2, 0) is 0 Å². The van der Waals surface area contributed by atoms with Gasteiger partial charge in [-0.15, -0.1) is 10.2 Å². The molecule has 0 spiro atoms. The first kappa shape index (κ1) is 19.8. The maximum Gasteiger partial charge on any atom is 0.268 e. The Bertz CT molecular complexity index is 971. The average molecular weight is 381 g/mol. The van der Waals surface area contributed by atoms with E-state index in [2.05, 4.69) is 48.3 Å². The predicted octanol–water partition coefficient (Wildman–Crippen LogP) is 4.13. The summed E-state index contributed by atoms with van der Waals surface area (Å²) in [7, 11) is 0. The van der Waals surface area contributed by atoms with Crippen LogP contribution in [0.4, 0.5) is 0 Å². The van der Waals surface area contributed by atoms with Gasteiger partial charge >= 0.3 is 0 Å². The van der Waals surface area contributed by atoms with Gasteiger partial charge in [0, 0.05) is 24.2 Å². The van der Waals surface area contributed by atoms with E-state index in [4.69, 9.17) is 4.42 Å². The molecule has 7 heteroatoms. The molecule has 0 fully saturated rings. The fraction of sp³-hybridized carbons (Fsp3) is 0.429. The Morgan fingerprint density at radius 3 is 2.46 bits per heavy atom. The van der Waals surface area contributed by atoms with Crippen molar-refractivity contribution in [1.29, 1.82) is 0 Å². The van der Waals surface area contributed by atoms with Crippen molar-refractivity contribution in [3.63, 3.8) is 0 Å². The summed E-state index contributed by atoms with van der Waals surface area (Å²) in [6.45, 7) is 12.1. The van der Waals surface area contributed by atoms with Gasteiger partial charge < -0.3 is 9.73 Å². The van der Waals surface area contributed by atoms with Crippen LogP contribution >= 0.6 is 0 Å². The molecule has 2 heterocycles. The molecule has 0 aliphatic rings. The number of hydrogen-bond donors (Lipinski definition) is 1. The zero-order chi connectivity index (χ0) is 20.4. The number of carbonyl (C=O) groups excluding carboxylic acids is 1. The minimum atomic E-state index is -0.0888. The van der Waals surface area contributed by atoms with E-state index in [1.54, 1.807) is 6.92 Å². The molecule has 0 radical (unpaired) electrons. The van der Waals surface area contributed by atoms with Crippen LogP contribution in [0.5, 0.6) is 0 Å². The number of aromatic nitrogens is 4. The first-order chi connectivity index (χ1) is 13.3. The van der Waals surface area contributed by atoms with Crippen LogP contribution < -0.4 is 5.32 Å². The largest absolute Gasteiger partial charge is 0.420 e. The molecule has 1 N–H and O–H groups in total. The maximum atomic E-state index is 12.6. The van der Waals surface area contributed by atoms with Crippen LogP contribution in [0.25, 0.3) is 17.3 Å². The molecule has 0 aliphatic heterocycles. The molecular weight excluding hydrogens is 354 g/mol. The van der Waals surface area contributed by atoms with Crippen molar-refractivity contribution in [2.24, 2.45) is 5.92 Å². The average Bonchev–Trinajstić information content (AvgIpc) is 3.28. The summed E-state index contributed by atoms with van der Waals surface area (Å²) in [6.07, 6.45) is 0. The highest BCUT2D eigenvalue weighted by Gasteiger charge is 2.19. The van der Waals surface area contributed by atoms with Gasteiger partial charge in [0.1, 0.15) is 5.69 Å². The minimum Gasteiger partial charge on any atom is -0.420 e. The van der Waals surface area contributed by atoms with Gasteiger partial charge in [0.05, 0.1) is 5.69 Å². The van der Waals surface area contributed by atoms with E-state index >= 15 is 0 Å². The Morgan fingerprint density at radius 2 is 1.86 bits per heavy atom. The third kappa shape index (κ3) is 4.13. The fourth-order valence-corrected chi connectivity index (χ4v) is 2.75. The molecule has 1 unspecified atom stereocenters. The summed E-state index contributed by atoms with van der Waals surface area (Å²) in [5.74, 6) is 1.38. The predicted molar refractivity (Wildman–Crippen MR) is 107 cm³/mol. The normalized spacial score (nSPS) is 12.6. The number of hydrogen-bond acceptors (Lipinski definition) is 5. The van der Waals surface area contributed by atoms with Gasteiger partial charge in [-0.05, 0) is 43.0 Å². The topological polar surface area (TPSA) is 85.8 Å². The standard InChI is InChI=1S/C21H27N5O2/c1-12(2)14(5)22-20(27)16-8-7-9-17(10-16)26-19(13(3)4)11-18(25-26)21-24-23-15(6)28-21/h7-14H,1-6H3,(H,22,27). The van der Waals surface area contributed by atoms with Crippen molar-refractivity contribution in [3.05, 3.63) is 47.5 Å². The summed E-state index contributed by atoms with van der Waals surface area (Å²) in [6, 6.07) is 9.51. The second kappa shape index (κ2) is 7.96. The highest BCUT2D eigenvalue weighted by atomic mass is 16.4. The van der Waals surface area contributed by atoms with Crippen LogP contribution in [0.2, 0.25) is 0 Å². The number of rotatable bonds is 6. The molecule has 2 aromatic heterocycles. The van der Waals surface area contributed by atoms with Gasteiger partial charge in [-0.1, -0.05) is 33.8 Å². The molecule has 3 aromatic rings. The van der Waals surface area contributed by atoms with Crippen molar-refractivity contribution < 1.29 is 9.21 Å². The molecule has 0 bridgehead atoms. The smallest absolute Gasteiger partial charge is 0.268 e. The maximum absolute atomic E-state index is 12.6. The van der Waals surface area contributed by atoms with Gasteiger partial charge in [0.2, 0.25) is 5.89 Å². The molecular formula is C21H27N5O2. The van der Waals surface area contributed by atoms with E-state index in [1.165, 1.54) is 0 Å². The molecule has 3 rings (SSSR count). The van der Waals surface area contributed by atoms with E-state index in [0.717, 1.165) is 11.4 Å². The zero-order valence-electron chi connectivity index (χ0n) is 17.2. The second-order valence-electron chi connectivity index (χ2n) is 7.70. The summed E-state index contributed by atoms with van der Waals surface area (Å²) in [5, 5.41) is 15.6. The molecule has 0 saturated heterocycles. The quantitative estimate of drug-likeness (QED) is 0.694. The van der Waals surface area contributed by atoms with Gasteiger partial charge in [-0.2, -0.15) is 5.10 Å². The van der Waals surface area contributed by atoms with Crippen LogP contribution in [-0.4, -0.2) is 31.9 Å². The lowest BCUT2D eigenvalue weighted by Crippen LogP contribution is -2.36. The molecule has 1 atom stereocenters. The SMILES string of the molecule is Cc1nnc(-c2cc(C(C)C)n(-c3cccc(C(=O)NC(C)C(C)C)c3)n2)o1. The van der Waals surface area contributed by atoms with Gasteiger partial charge in [0.15, 0.2) is 0 Å². The van der Waals surface area contributed by atoms with E-state index in [9.17, 15) is 4.79 Å². The van der Waals surface area contributed by atoms with Crippen molar-refractivity contribution >= 4 is 5.91 Å². The van der Waals surface area contributed by atoms with E-state index in [0.29, 0.717) is 29.0 Å². The lowest BCUT2D eigenvalue weighted by atomic mass is 10.1. The van der Waals surface area contributed by atoms with Crippen molar-refractivity contribution in [3.8, 4) is 17.3 Å². The van der Waals surface area contributed by atoms with Gasteiger partial charge in [-0.3, -0.25) is 4.79 Å². The van der Waals surface area contributed by atoms with Crippen molar-refractivity contribution in [2.75, 3.05) is 0 Å². The summed E-state index contributed by atoms with van der Waals surface area (Å²) in [5.41, 5.74) is 3.04. The first-order valence-electron chi connectivity index (χ1n) is 9.58. The van der Waals surface area contributed by atoms with E-state index in [1.807, 2.05) is 41.9 Å². The van der Waals surface area contributed by atoms with Gasteiger partial charge in [-0.25, -0.2) is 4.68 Å². The zero-order valence-corrected chi connectivity index (χ0v) is 17.2. The van der Waals surface area contributed by atoms with Crippen LogP contribution in [0, 0.1) is 12.8 Å². The Morgan fingerprint density at radius 1 is 1.11 bits per heavy atom. The third-order valence-corrected chi connectivity index (χ3v) is 4.79. The van der Waals surface area contributed by atoms with Crippen molar-refractivity contribution in [2.45, 2.75) is 53.5 Å². The molecule has 148 valence electrons. The summed E-state index contributed by atoms with van der Waals surface area (Å²) in [4.78, 5) is 12.6. The number of amides is 1. The third-order valence-electron chi connectivity index (χ3n) is 4.79. The lowest BCUT2D eigenvalue weighted by molar-refractivity contribution is 0.0930. The summed E-state index contributed by atoms with van der Waals surface area (Å²) >= 11 is 0. The number of nitrogens with one attached hydrogen (secondary N) is 1. The van der Waals surface area contributed by atoms with E-state index in [-0.39, 0.29) is 17.9 Å². The van der Waals surface area contributed by atoms with Crippen molar-refractivity contribution in [1.82, 2.24) is 25.3 Å². The number of aryl methyl sites for hydroxylation is 1. The Labute approximate surface area is 165 Å². The van der Waals surface area contributed by atoms with Gasteiger partial charge in [0.25, 0.3) is 11.8 Å². The minimum absolute atomic E-state index is 0.0888. The molecule has 1 aromatic carbocycles. The first-order valence-corrected chi connectivity index (χ1v) is 9.58. The Balaban J connectivity index is 1.97. The Hall–Kier alpha value is -2.96. The van der Waals surface area contributed by atoms with Crippen LogP contribution in [0.15, 0.2) is 34.7 Å². The summed E-state index contributed by atoms with van der Waals surface area (Å²) < 4.78 is 7.35. The molecule has 28 heavy (non-hydrogen) atoms. The second-order valence-corrected chi connectivity index (χ2v) is 7.70. The molecule has 0 aliphatic carbocycles. The van der Waals surface area contributed by atoms with Crippen LogP contribution in [0.3, 0.4) is 0 Å². The number of benzene rings is 1. The number of carbonyl (C=O) groups is 1.